The van der Waals surface area contributed by atoms with Crippen molar-refractivity contribution in [1.82, 2.24) is 19.6 Å². The molecular formula is C26H28N4O. The van der Waals surface area contributed by atoms with E-state index in [4.69, 9.17) is 5.10 Å². The Balaban J connectivity index is 1.24. The first-order valence-electron chi connectivity index (χ1n) is 11.2. The van der Waals surface area contributed by atoms with E-state index in [0.717, 1.165) is 44.1 Å². The Labute approximate surface area is 183 Å². The van der Waals surface area contributed by atoms with Gasteiger partial charge in [-0.25, -0.2) is 4.68 Å². The molecule has 2 aromatic carbocycles. The van der Waals surface area contributed by atoms with E-state index >= 15 is 0 Å². The maximum absolute atomic E-state index is 13.4. The van der Waals surface area contributed by atoms with Crippen LogP contribution in [0.15, 0.2) is 72.8 Å². The average Bonchev–Trinajstić information content (AvgIpc) is 3.59. The second kappa shape index (κ2) is 8.90. The topological polar surface area (TPSA) is 41.4 Å². The zero-order valence-electron chi connectivity index (χ0n) is 17.7. The molecule has 2 heterocycles. The van der Waals surface area contributed by atoms with E-state index in [1.165, 1.54) is 18.4 Å². The maximum Gasteiger partial charge on any atom is 0.272 e. The number of nitrogens with zero attached hydrogens (tertiary/aromatic N) is 4. The zero-order chi connectivity index (χ0) is 21.0. The second-order valence-corrected chi connectivity index (χ2v) is 8.38. The lowest BCUT2D eigenvalue weighted by atomic mass is 10.2. The Bertz CT molecular complexity index is 1050. The Morgan fingerprint density at radius 2 is 1.61 bits per heavy atom. The Morgan fingerprint density at radius 3 is 2.29 bits per heavy atom. The average molecular weight is 413 g/mol. The second-order valence-electron chi connectivity index (χ2n) is 8.38. The molecule has 0 radical (unpaired) electrons. The molecule has 3 aromatic rings. The fraction of sp³-hybridized carbons (Fsp3) is 0.308. The van der Waals surface area contributed by atoms with Gasteiger partial charge in [0.2, 0.25) is 0 Å². The molecule has 158 valence electrons. The van der Waals surface area contributed by atoms with Gasteiger partial charge < -0.3 is 4.90 Å². The highest BCUT2D eigenvalue weighted by molar-refractivity contribution is 5.93. The van der Waals surface area contributed by atoms with Crippen molar-refractivity contribution in [2.45, 2.75) is 18.8 Å². The third kappa shape index (κ3) is 4.62. The van der Waals surface area contributed by atoms with Crippen LogP contribution >= 0.6 is 0 Å². The summed E-state index contributed by atoms with van der Waals surface area (Å²) in [6.45, 7) is 4.18. The summed E-state index contributed by atoms with van der Waals surface area (Å²) in [5.41, 5.74) is 3.90. The molecule has 1 aliphatic carbocycles. The summed E-state index contributed by atoms with van der Waals surface area (Å²) in [6.07, 6.45) is 6.72. The van der Waals surface area contributed by atoms with Gasteiger partial charge in [-0.15, -0.1) is 0 Å². The van der Waals surface area contributed by atoms with Crippen molar-refractivity contribution in [3.8, 4) is 5.69 Å². The van der Waals surface area contributed by atoms with E-state index < -0.39 is 0 Å². The van der Waals surface area contributed by atoms with E-state index in [-0.39, 0.29) is 5.91 Å². The Morgan fingerprint density at radius 1 is 0.935 bits per heavy atom. The van der Waals surface area contributed by atoms with E-state index in [9.17, 15) is 4.79 Å². The van der Waals surface area contributed by atoms with Crippen molar-refractivity contribution in [2.75, 3.05) is 32.7 Å². The monoisotopic (exact) mass is 412 g/mol. The van der Waals surface area contributed by atoms with Gasteiger partial charge >= 0.3 is 0 Å². The summed E-state index contributed by atoms with van der Waals surface area (Å²) in [5.74, 6) is 0.604. The molecule has 0 unspecified atom stereocenters. The number of benzene rings is 2. The van der Waals surface area contributed by atoms with Crippen molar-refractivity contribution in [3.63, 3.8) is 0 Å². The molecule has 1 aliphatic heterocycles. The molecule has 5 nitrogen and oxygen atoms in total. The minimum absolute atomic E-state index is 0.0859. The molecule has 5 rings (SSSR count). The normalized spacial score (nSPS) is 17.4. The summed E-state index contributed by atoms with van der Waals surface area (Å²) >= 11 is 0. The number of amides is 1. The van der Waals surface area contributed by atoms with Crippen LogP contribution in [0.3, 0.4) is 0 Å². The van der Waals surface area contributed by atoms with Gasteiger partial charge in [0.1, 0.15) is 5.69 Å². The van der Waals surface area contributed by atoms with Crippen molar-refractivity contribution in [3.05, 3.63) is 89.8 Å². The maximum atomic E-state index is 13.4. The van der Waals surface area contributed by atoms with Gasteiger partial charge in [-0.3, -0.25) is 9.69 Å². The zero-order valence-corrected chi connectivity index (χ0v) is 17.7. The molecule has 5 heteroatoms. The SMILES string of the molecule is O=C(c1cc(C2CC2)nn1-c1ccccc1)N1CCN(C/C=C/c2ccccc2)CC1. The largest absolute Gasteiger partial charge is 0.335 e. The lowest BCUT2D eigenvalue weighted by Crippen LogP contribution is -2.49. The van der Waals surface area contributed by atoms with Crippen LogP contribution in [0.4, 0.5) is 0 Å². The number of para-hydroxylation sites is 1. The first-order chi connectivity index (χ1) is 15.3. The third-order valence-electron chi connectivity index (χ3n) is 6.08. The van der Waals surface area contributed by atoms with Crippen LogP contribution in [0, 0.1) is 0 Å². The van der Waals surface area contributed by atoms with Gasteiger partial charge in [0.15, 0.2) is 0 Å². The fourth-order valence-corrected chi connectivity index (χ4v) is 4.09. The highest BCUT2D eigenvalue weighted by atomic mass is 16.2. The molecular weight excluding hydrogens is 384 g/mol. The van der Waals surface area contributed by atoms with Gasteiger partial charge in [0.05, 0.1) is 11.4 Å². The minimum Gasteiger partial charge on any atom is -0.335 e. The van der Waals surface area contributed by atoms with Crippen LogP contribution in [-0.4, -0.2) is 58.2 Å². The van der Waals surface area contributed by atoms with E-state index in [1.807, 2.05) is 52.0 Å². The summed E-state index contributed by atoms with van der Waals surface area (Å²) in [4.78, 5) is 17.8. The molecule has 31 heavy (non-hydrogen) atoms. The van der Waals surface area contributed by atoms with Crippen molar-refractivity contribution >= 4 is 12.0 Å². The lowest BCUT2D eigenvalue weighted by Gasteiger charge is -2.34. The fourth-order valence-electron chi connectivity index (χ4n) is 4.09. The summed E-state index contributed by atoms with van der Waals surface area (Å²) in [5, 5.41) is 4.79. The van der Waals surface area contributed by atoms with Crippen molar-refractivity contribution < 1.29 is 4.79 Å². The van der Waals surface area contributed by atoms with Crippen molar-refractivity contribution in [2.24, 2.45) is 0 Å². The van der Waals surface area contributed by atoms with Crippen LogP contribution in [0.2, 0.25) is 0 Å². The Hall–Kier alpha value is -3.18. The smallest absolute Gasteiger partial charge is 0.272 e. The Kier molecular flexibility index (Phi) is 5.67. The molecule has 1 saturated carbocycles. The standard InChI is InChI=1S/C26H28N4O/c31-26(25-20-24(22-13-14-22)27-30(25)23-11-5-2-6-12-23)29-18-16-28(17-19-29)15-7-10-21-8-3-1-4-9-21/h1-12,20,22H,13-19H2/b10-7+. The number of carbonyl (C=O) groups is 1. The molecule has 1 amide bonds. The first-order valence-corrected chi connectivity index (χ1v) is 11.2. The molecule has 2 fully saturated rings. The lowest BCUT2D eigenvalue weighted by molar-refractivity contribution is 0.0641. The number of carbonyl (C=O) groups excluding carboxylic acids is 1. The van der Waals surface area contributed by atoms with Gasteiger partial charge in [0, 0.05) is 38.6 Å². The number of hydrogen-bond donors (Lipinski definition) is 0. The molecule has 0 N–H and O–H groups in total. The summed E-state index contributed by atoms with van der Waals surface area (Å²) < 4.78 is 1.84. The summed E-state index contributed by atoms with van der Waals surface area (Å²) in [7, 11) is 0. The van der Waals surface area contributed by atoms with Crippen LogP contribution in [0.5, 0.6) is 0 Å². The van der Waals surface area contributed by atoms with Gasteiger partial charge in [-0.1, -0.05) is 60.7 Å². The van der Waals surface area contributed by atoms with Crippen LogP contribution < -0.4 is 0 Å². The van der Waals surface area contributed by atoms with Crippen LogP contribution in [0.1, 0.15) is 40.5 Å². The molecule has 0 spiro atoms. The van der Waals surface area contributed by atoms with E-state index in [1.54, 1.807) is 0 Å². The minimum atomic E-state index is 0.0859. The number of hydrogen-bond acceptors (Lipinski definition) is 3. The number of aromatic nitrogens is 2. The highest BCUT2D eigenvalue weighted by Gasteiger charge is 2.31. The third-order valence-corrected chi connectivity index (χ3v) is 6.08. The molecule has 1 aromatic heterocycles. The quantitative estimate of drug-likeness (QED) is 0.609. The van der Waals surface area contributed by atoms with E-state index in [2.05, 4.69) is 41.3 Å². The predicted octanol–water partition coefficient (Wildman–Crippen LogP) is 4.22. The van der Waals surface area contributed by atoms with Gasteiger partial charge in [-0.2, -0.15) is 5.10 Å². The van der Waals surface area contributed by atoms with Crippen molar-refractivity contribution in [1.29, 1.82) is 0 Å². The van der Waals surface area contributed by atoms with E-state index in [0.29, 0.717) is 11.6 Å². The molecule has 2 aliphatic rings. The predicted molar refractivity (Wildman–Crippen MR) is 123 cm³/mol. The molecule has 0 atom stereocenters. The van der Waals surface area contributed by atoms with Gasteiger partial charge in [0.25, 0.3) is 5.91 Å². The van der Waals surface area contributed by atoms with Crippen LogP contribution in [0.25, 0.3) is 11.8 Å². The number of piperazine rings is 1. The highest BCUT2D eigenvalue weighted by Crippen LogP contribution is 2.39. The number of rotatable bonds is 6. The molecule has 1 saturated heterocycles. The molecule has 0 bridgehead atoms. The summed E-state index contributed by atoms with van der Waals surface area (Å²) in [6, 6.07) is 22.4. The first kappa shape index (κ1) is 19.8. The van der Waals surface area contributed by atoms with Gasteiger partial charge in [-0.05, 0) is 36.6 Å². The van der Waals surface area contributed by atoms with Crippen LogP contribution in [-0.2, 0) is 0 Å².